The summed E-state index contributed by atoms with van der Waals surface area (Å²) in [5, 5.41) is 22.2. The van der Waals surface area contributed by atoms with Gasteiger partial charge in [0.2, 0.25) is 5.52 Å². The number of anilines is 2. The summed E-state index contributed by atoms with van der Waals surface area (Å²) >= 11 is 0. The molecule has 5 rings (SSSR count). The normalized spacial score (nSPS) is 14.8. The number of carbonyl (C=O) groups is 2. The Kier molecular flexibility index (Phi) is 6.60. The van der Waals surface area contributed by atoms with E-state index in [9.17, 15) is 14.7 Å². The summed E-state index contributed by atoms with van der Waals surface area (Å²) in [6, 6.07) is 10.8. The zero-order chi connectivity index (χ0) is 26.2. The van der Waals surface area contributed by atoms with Gasteiger partial charge in [-0.1, -0.05) is 18.2 Å². The highest BCUT2D eigenvalue weighted by Crippen LogP contribution is 2.51. The maximum atomic E-state index is 9.53. The van der Waals surface area contributed by atoms with E-state index < -0.39 is 11.9 Å². The third-order valence-electron chi connectivity index (χ3n) is 6.10. The number of carboxylic acid groups (broad SMARTS) is 2. The molecule has 188 valence electrons. The largest absolute Gasteiger partial charge is 0.545 e. The van der Waals surface area contributed by atoms with Crippen molar-refractivity contribution in [2.75, 3.05) is 32.6 Å². The molecular formula is C27H30N4O5. The van der Waals surface area contributed by atoms with Gasteiger partial charge in [0.15, 0.2) is 6.54 Å². The van der Waals surface area contributed by atoms with Gasteiger partial charge in [0.05, 0.1) is 30.0 Å². The average Bonchev–Trinajstić information content (AvgIpc) is 3.17. The van der Waals surface area contributed by atoms with Crippen LogP contribution in [0, 0.1) is 0 Å². The number of nitrogens with zero attached hydrogens (tertiary/aromatic N) is 3. The summed E-state index contributed by atoms with van der Waals surface area (Å²) < 4.78 is 8.63. The summed E-state index contributed by atoms with van der Waals surface area (Å²) in [6.45, 7) is 6.07. The second-order valence-corrected chi connectivity index (χ2v) is 9.58. The smallest absolute Gasteiger partial charge is 0.328 e. The summed E-state index contributed by atoms with van der Waals surface area (Å²) in [6.07, 6.45) is 5.31. The van der Waals surface area contributed by atoms with Crippen LogP contribution in [0.25, 0.3) is 28.2 Å². The van der Waals surface area contributed by atoms with Crippen LogP contribution in [0.4, 0.5) is 11.4 Å². The molecule has 2 N–H and O–H groups in total. The fraction of sp³-hybridized carbons (Fsp3) is 0.296. The van der Waals surface area contributed by atoms with Gasteiger partial charge in [-0.15, -0.1) is 4.68 Å². The summed E-state index contributed by atoms with van der Waals surface area (Å²) in [7, 11) is 6.37. The number of carboxylic acids is 2. The molecule has 3 aromatic rings. The van der Waals surface area contributed by atoms with E-state index >= 15 is 0 Å². The minimum absolute atomic E-state index is 0.299. The maximum Gasteiger partial charge on any atom is 0.328 e. The third kappa shape index (κ3) is 4.83. The molecule has 1 aromatic heterocycles. The van der Waals surface area contributed by atoms with Gasteiger partial charge in [-0.2, -0.15) is 5.10 Å². The van der Waals surface area contributed by atoms with Crippen molar-refractivity contribution < 1.29 is 29.2 Å². The number of aromatic amines is 1. The first-order chi connectivity index (χ1) is 17.0. The molecule has 0 aliphatic carbocycles. The lowest BCUT2D eigenvalue weighted by molar-refractivity contribution is -0.725. The number of nitrogens with one attached hydrogen (secondary N) is 1. The first-order valence-corrected chi connectivity index (χ1v) is 11.6. The molecule has 9 heteroatoms. The molecule has 36 heavy (non-hydrogen) atoms. The van der Waals surface area contributed by atoms with Gasteiger partial charge < -0.3 is 29.5 Å². The van der Waals surface area contributed by atoms with Gasteiger partial charge in [-0.25, -0.2) is 4.79 Å². The van der Waals surface area contributed by atoms with Gasteiger partial charge >= 0.3 is 5.97 Å². The predicted octanol–water partition coefficient (Wildman–Crippen LogP) is 2.33. The number of fused-ring (bicyclic) bond motifs is 4. The van der Waals surface area contributed by atoms with Gasteiger partial charge in [0.25, 0.3) is 0 Å². The lowest BCUT2D eigenvalue weighted by Gasteiger charge is -2.33. The summed E-state index contributed by atoms with van der Waals surface area (Å²) in [5.74, 6) is -1.85. The lowest BCUT2D eigenvalue weighted by atomic mass is 9.93. The molecule has 0 amide bonds. The van der Waals surface area contributed by atoms with Crippen LogP contribution in [0.5, 0.6) is 5.75 Å². The number of H-pyrrole nitrogens is 1. The quantitative estimate of drug-likeness (QED) is 0.417. The van der Waals surface area contributed by atoms with Crippen molar-refractivity contribution >= 4 is 40.3 Å². The average molecular weight is 491 g/mol. The highest BCUT2D eigenvalue weighted by Gasteiger charge is 2.35. The first kappa shape index (κ1) is 25.0. The molecule has 2 aliphatic rings. The van der Waals surface area contributed by atoms with E-state index in [1.54, 1.807) is 0 Å². The first-order valence-electron chi connectivity index (χ1n) is 11.6. The number of aliphatic carboxylic acids is 2. The molecule has 0 spiro atoms. The number of aromatic nitrogens is 2. The van der Waals surface area contributed by atoms with Gasteiger partial charge in [0, 0.05) is 24.3 Å². The Morgan fingerprint density at radius 1 is 1.25 bits per heavy atom. The van der Waals surface area contributed by atoms with Crippen molar-refractivity contribution in [3.05, 3.63) is 54.1 Å². The van der Waals surface area contributed by atoms with Crippen LogP contribution < -0.4 is 19.4 Å². The number of hydrogen-bond donors (Lipinski definition) is 2. The third-order valence-corrected chi connectivity index (χ3v) is 6.10. The number of ether oxygens (including phenoxy) is 1. The topological polar surface area (TPSA) is 113 Å². The van der Waals surface area contributed by atoms with E-state index in [4.69, 9.17) is 9.84 Å². The van der Waals surface area contributed by atoms with Crippen LogP contribution >= 0.6 is 0 Å². The maximum absolute atomic E-state index is 9.53. The number of hydrogen-bond acceptors (Lipinski definition) is 6. The molecule has 0 atom stereocenters. The molecule has 0 saturated heterocycles. The predicted molar refractivity (Wildman–Crippen MR) is 136 cm³/mol. The minimum Gasteiger partial charge on any atom is -0.545 e. The minimum atomic E-state index is -1.51. The van der Waals surface area contributed by atoms with Crippen molar-refractivity contribution in [3.63, 3.8) is 0 Å². The molecule has 0 bridgehead atoms. The molecule has 0 fully saturated rings. The number of para-hydroxylation sites is 1. The Morgan fingerprint density at radius 2 is 1.97 bits per heavy atom. The fourth-order valence-corrected chi connectivity index (χ4v) is 4.46. The van der Waals surface area contributed by atoms with Crippen molar-refractivity contribution in [2.24, 2.45) is 0 Å². The number of rotatable bonds is 5. The van der Waals surface area contributed by atoms with Crippen LogP contribution in [0.3, 0.4) is 0 Å². The van der Waals surface area contributed by atoms with E-state index in [1.807, 2.05) is 0 Å². The molecular weight excluding hydrogens is 460 g/mol. The standard InChI is InChI=1S/C23H26N4O.C4H4O4/c1-23(2)11-10-16-19(28-23)14-18-20-21(24-27(18)13-12-25(3)4)15-8-6-7-9-17(15)26(5)22(16)20;5-3(6)1-2-4(7)8/h6-11,14H,12-13H2,1-5H3;1-2H,(H,5,6)(H,7,8)/b;2-1+. The summed E-state index contributed by atoms with van der Waals surface area (Å²) in [4.78, 5) is 23.5. The molecule has 0 unspecified atom stereocenters. The van der Waals surface area contributed by atoms with Gasteiger partial charge in [0.1, 0.15) is 22.4 Å². The Bertz CT molecular complexity index is 1380. The molecule has 2 aliphatic heterocycles. The molecule has 3 heterocycles. The number of likely N-dealkylation sites (N-methyl/N-ethyl adjacent to an activating group) is 1. The van der Waals surface area contributed by atoms with E-state index in [0.717, 1.165) is 24.4 Å². The number of benzene rings is 2. The Labute approximate surface area is 209 Å². The second kappa shape index (κ2) is 9.50. The van der Waals surface area contributed by atoms with Crippen molar-refractivity contribution in [2.45, 2.75) is 26.0 Å². The monoisotopic (exact) mass is 490 g/mol. The van der Waals surface area contributed by atoms with E-state index in [0.29, 0.717) is 12.2 Å². The van der Waals surface area contributed by atoms with E-state index in [2.05, 4.69) is 97.1 Å². The van der Waals surface area contributed by atoms with Crippen LogP contribution in [-0.4, -0.2) is 60.3 Å². The van der Waals surface area contributed by atoms with Crippen LogP contribution in [0.1, 0.15) is 19.4 Å². The summed E-state index contributed by atoms with van der Waals surface area (Å²) in [5.41, 5.74) is 6.91. The Hall–Kier alpha value is -4.11. The molecule has 0 saturated carbocycles. The van der Waals surface area contributed by atoms with Crippen LogP contribution in [0.15, 0.2) is 48.6 Å². The zero-order valence-electron chi connectivity index (χ0n) is 21.0. The van der Waals surface area contributed by atoms with Crippen molar-refractivity contribution in [1.82, 2.24) is 10.00 Å². The Balaban J connectivity index is 0.000000331. The zero-order valence-corrected chi connectivity index (χ0v) is 21.0. The van der Waals surface area contributed by atoms with Gasteiger partial charge in [-0.3, -0.25) is 0 Å². The van der Waals surface area contributed by atoms with Gasteiger partial charge in [-0.05, 0) is 52.2 Å². The second-order valence-electron chi connectivity index (χ2n) is 9.58. The molecule has 9 nitrogen and oxygen atoms in total. The SMILES string of the molecule is CN(C)CC[n+]1[nH]c2c3c(c4c(cc31)OC(C)(C)C=C4)N(C)c1ccccc1-2.O=C([O-])/C=C/C(=O)O. The van der Waals surface area contributed by atoms with Crippen molar-refractivity contribution in [3.8, 4) is 17.0 Å². The number of carbonyl (C=O) groups excluding carboxylic acids is 1. The van der Waals surface area contributed by atoms with E-state index in [1.165, 1.54) is 33.5 Å². The lowest BCUT2D eigenvalue weighted by Crippen LogP contribution is -2.40. The van der Waals surface area contributed by atoms with E-state index in [-0.39, 0.29) is 5.60 Å². The van der Waals surface area contributed by atoms with Crippen molar-refractivity contribution in [1.29, 1.82) is 0 Å². The highest BCUT2D eigenvalue weighted by atomic mass is 16.5. The molecule has 0 radical (unpaired) electrons. The Morgan fingerprint density at radius 3 is 2.61 bits per heavy atom. The highest BCUT2D eigenvalue weighted by molar-refractivity contribution is 6.12. The van der Waals surface area contributed by atoms with Crippen LogP contribution in [-0.2, 0) is 16.1 Å². The van der Waals surface area contributed by atoms with Crippen LogP contribution in [0.2, 0.25) is 0 Å². The fourth-order valence-electron chi connectivity index (χ4n) is 4.46. The molecule has 2 aromatic carbocycles.